The van der Waals surface area contributed by atoms with Gasteiger partial charge >= 0.3 is 0 Å². The van der Waals surface area contributed by atoms with Gasteiger partial charge in [-0.2, -0.15) is 0 Å². The van der Waals surface area contributed by atoms with E-state index in [1.54, 1.807) is 4.90 Å². The van der Waals surface area contributed by atoms with Gasteiger partial charge in [-0.3, -0.25) is 9.78 Å². The Balaban J connectivity index is 2.60. The molecule has 1 heterocycles. The van der Waals surface area contributed by atoms with Gasteiger partial charge in [-0.25, -0.2) is 10.8 Å². The molecule has 0 aromatic carbocycles. The second-order valence-electron chi connectivity index (χ2n) is 4.70. The Kier molecular flexibility index (Phi) is 7.63. The molecular formula is C14H26N6O. The highest BCUT2D eigenvalue weighted by molar-refractivity contribution is 5.92. The predicted octanol–water partition coefficient (Wildman–Crippen LogP) is 0.956. The van der Waals surface area contributed by atoms with Gasteiger partial charge in [0.15, 0.2) is 5.82 Å². The number of amides is 1. The maximum absolute atomic E-state index is 12.4. The van der Waals surface area contributed by atoms with Gasteiger partial charge in [0.1, 0.15) is 5.69 Å². The fraction of sp³-hybridized carbons (Fsp3) is 0.643. The Hall–Kier alpha value is -1.73. The highest BCUT2D eigenvalue weighted by Gasteiger charge is 2.16. The van der Waals surface area contributed by atoms with Crippen LogP contribution in [0.2, 0.25) is 0 Å². The number of nitrogens with zero attached hydrogens (tertiary/aromatic N) is 4. The number of carbonyl (C=O) groups is 1. The van der Waals surface area contributed by atoms with Crippen molar-refractivity contribution in [1.82, 2.24) is 19.8 Å². The van der Waals surface area contributed by atoms with Crippen molar-refractivity contribution < 1.29 is 4.79 Å². The first kappa shape index (κ1) is 17.3. The molecule has 7 heteroatoms. The first-order chi connectivity index (χ1) is 10.2. The van der Waals surface area contributed by atoms with Crippen LogP contribution in [0.5, 0.6) is 0 Å². The van der Waals surface area contributed by atoms with Crippen molar-refractivity contribution in [3.8, 4) is 0 Å². The average Bonchev–Trinajstić information content (AvgIpc) is 2.54. The van der Waals surface area contributed by atoms with E-state index in [-0.39, 0.29) is 5.91 Å². The van der Waals surface area contributed by atoms with E-state index in [0.29, 0.717) is 24.6 Å². The standard InChI is InChI=1S/C14H26N6O/c1-4-19(5-2)8-7-9-20(6-3)14(21)12-10-16-11-13(17-12)18-15/h10-11H,4-9,15H2,1-3H3,(H,17,18). The average molecular weight is 294 g/mol. The smallest absolute Gasteiger partial charge is 0.274 e. The van der Waals surface area contributed by atoms with Crippen LogP contribution in [0.1, 0.15) is 37.7 Å². The van der Waals surface area contributed by atoms with Crippen molar-refractivity contribution in [2.45, 2.75) is 27.2 Å². The summed E-state index contributed by atoms with van der Waals surface area (Å²) in [7, 11) is 0. The summed E-state index contributed by atoms with van der Waals surface area (Å²) in [5.41, 5.74) is 2.72. The summed E-state index contributed by atoms with van der Waals surface area (Å²) in [6.45, 7) is 10.7. The third-order valence-corrected chi connectivity index (χ3v) is 3.47. The van der Waals surface area contributed by atoms with Crippen LogP contribution in [0.25, 0.3) is 0 Å². The van der Waals surface area contributed by atoms with E-state index in [1.807, 2.05) is 6.92 Å². The van der Waals surface area contributed by atoms with E-state index in [0.717, 1.165) is 26.1 Å². The highest BCUT2D eigenvalue weighted by Crippen LogP contribution is 2.05. The summed E-state index contributed by atoms with van der Waals surface area (Å²) in [6, 6.07) is 0. The fourth-order valence-electron chi connectivity index (χ4n) is 2.13. The molecule has 0 radical (unpaired) electrons. The van der Waals surface area contributed by atoms with Gasteiger partial charge in [0.05, 0.1) is 12.4 Å². The SMILES string of the molecule is CCN(CC)CCCN(CC)C(=O)c1cncc(NN)n1. The van der Waals surface area contributed by atoms with Crippen LogP contribution in [-0.2, 0) is 0 Å². The molecule has 0 bridgehead atoms. The molecule has 0 saturated carbocycles. The topological polar surface area (TPSA) is 87.4 Å². The number of rotatable bonds is 9. The molecule has 0 unspecified atom stereocenters. The van der Waals surface area contributed by atoms with Crippen LogP contribution >= 0.6 is 0 Å². The molecule has 0 saturated heterocycles. The predicted molar refractivity (Wildman–Crippen MR) is 83.8 cm³/mol. The molecule has 1 aromatic heterocycles. The van der Waals surface area contributed by atoms with Crippen LogP contribution in [-0.4, -0.2) is 58.4 Å². The summed E-state index contributed by atoms with van der Waals surface area (Å²) >= 11 is 0. The van der Waals surface area contributed by atoms with Gasteiger partial charge < -0.3 is 15.2 Å². The molecule has 3 N–H and O–H groups in total. The minimum atomic E-state index is -0.110. The molecule has 7 nitrogen and oxygen atoms in total. The zero-order valence-electron chi connectivity index (χ0n) is 13.2. The van der Waals surface area contributed by atoms with Crippen LogP contribution < -0.4 is 11.3 Å². The summed E-state index contributed by atoms with van der Waals surface area (Å²) < 4.78 is 0. The van der Waals surface area contributed by atoms with E-state index in [9.17, 15) is 4.79 Å². The van der Waals surface area contributed by atoms with Gasteiger partial charge in [0.2, 0.25) is 0 Å². The van der Waals surface area contributed by atoms with Gasteiger partial charge in [-0.05, 0) is 33.0 Å². The van der Waals surface area contributed by atoms with Crippen LogP contribution in [0.4, 0.5) is 5.82 Å². The van der Waals surface area contributed by atoms with Crippen molar-refractivity contribution >= 4 is 11.7 Å². The zero-order chi connectivity index (χ0) is 15.7. The van der Waals surface area contributed by atoms with E-state index in [2.05, 4.69) is 34.1 Å². The molecule has 118 valence electrons. The molecular weight excluding hydrogens is 268 g/mol. The van der Waals surface area contributed by atoms with E-state index >= 15 is 0 Å². The number of hydrogen-bond acceptors (Lipinski definition) is 6. The molecule has 21 heavy (non-hydrogen) atoms. The first-order valence-electron chi connectivity index (χ1n) is 7.46. The summed E-state index contributed by atoms with van der Waals surface area (Å²) in [5.74, 6) is 5.57. The molecule has 0 aliphatic heterocycles. The lowest BCUT2D eigenvalue weighted by Crippen LogP contribution is -2.35. The third kappa shape index (κ3) is 5.28. The number of hydrazine groups is 1. The maximum atomic E-state index is 12.4. The molecule has 1 rings (SSSR count). The van der Waals surface area contributed by atoms with Gasteiger partial charge in [0, 0.05) is 13.1 Å². The zero-order valence-corrected chi connectivity index (χ0v) is 13.2. The van der Waals surface area contributed by atoms with Crippen molar-refractivity contribution in [2.24, 2.45) is 5.84 Å². The number of nitrogen functional groups attached to an aromatic ring is 1. The van der Waals surface area contributed by atoms with Crippen molar-refractivity contribution in [1.29, 1.82) is 0 Å². The Labute approximate surface area is 126 Å². The first-order valence-corrected chi connectivity index (χ1v) is 7.46. The Bertz CT molecular complexity index is 435. The molecule has 0 spiro atoms. The second-order valence-corrected chi connectivity index (χ2v) is 4.70. The summed E-state index contributed by atoms with van der Waals surface area (Å²) in [5, 5.41) is 0. The lowest BCUT2D eigenvalue weighted by atomic mass is 10.3. The van der Waals surface area contributed by atoms with Crippen LogP contribution in [0, 0.1) is 0 Å². The van der Waals surface area contributed by atoms with Crippen molar-refractivity contribution in [3.63, 3.8) is 0 Å². The van der Waals surface area contributed by atoms with Crippen LogP contribution in [0.15, 0.2) is 12.4 Å². The molecule has 1 amide bonds. The monoisotopic (exact) mass is 294 g/mol. The van der Waals surface area contributed by atoms with Crippen molar-refractivity contribution in [2.75, 3.05) is 38.1 Å². The lowest BCUT2D eigenvalue weighted by molar-refractivity contribution is 0.0751. The van der Waals surface area contributed by atoms with Crippen molar-refractivity contribution in [3.05, 3.63) is 18.1 Å². The van der Waals surface area contributed by atoms with E-state index < -0.39 is 0 Å². The van der Waals surface area contributed by atoms with Gasteiger partial charge in [0.25, 0.3) is 5.91 Å². The molecule has 0 atom stereocenters. The number of carbonyl (C=O) groups excluding carboxylic acids is 1. The minimum absolute atomic E-state index is 0.110. The molecule has 1 aromatic rings. The highest BCUT2D eigenvalue weighted by atomic mass is 16.2. The molecule has 0 aliphatic rings. The Morgan fingerprint density at radius 1 is 1.19 bits per heavy atom. The fourth-order valence-corrected chi connectivity index (χ4v) is 2.13. The Morgan fingerprint density at radius 2 is 1.90 bits per heavy atom. The Morgan fingerprint density at radius 3 is 2.48 bits per heavy atom. The van der Waals surface area contributed by atoms with Gasteiger partial charge in [-0.15, -0.1) is 0 Å². The summed E-state index contributed by atoms with van der Waals surface area (Å²) in [4.78, 5) is 24.6. The third-order valence-electron chi connectivity index (χ3n) is 3.47. The lowest BCUT2D eigenvalue weighted by Gasteiger charge is -2.23. The minimum Gasteiger partial charge on any atom is -0.337 e. The van der Waals surface area contributed by atoms with Crippen LogP contribution in [0.3, 0.4) is 0 Å². The molecule has 0 fully saturated rings. The number of nitrogens with two attached hydrogens (primary N) is 1. The molecule has 0 aliphatic carbocycles. The second kappa shape index (κ2) is 9.25. The number of aromatic nitrogens is 2. The number of nitrogens with one attached hydrogen (secondary N) is 1. The largest absolute Gasteiger partial charge is 0.337 e. The maximum Gasteiger partial charge on any atom is 0.274 e. The quantitative estimate of drug-likeness (QED) is 0.521. The van der Waals surface area contributed by atoms with Gasteiger partial charge in [-0.1, -0.05) is 13.8 Å². The normalized spacial score (nSPS) is 10.7. The van der Waals surface area contributed by atoms with E-state index in [1.165, 1.54) is 12.4 Å². The number of anilines is 1. The number of hydrogen-bond donors (Lipinski definition) is 2. The summed E-state index contributed by atoms with van der Waals surface area (Å²) in [6.07, 6.45) is 3.90. The van der Waals surface area contributed by atoms with E-state index in [4.69, 9.17) is 5.84 Å².